The summed E-state index contributed by atoms with van der Waals surface area (Å²) in [5.41, 5.74) is 1.18. The quantitative estimate of drug-likeness (QED) is 0.807. The van der Waals surface area contributed by atoms with Crippen molar-refractivity contribution >= 4 is 11.8 Å². The number of benzene rings is 1. The molecule has 17 heavy (non-hydrogen) atoms. The molecule has 0 bridgehead atoms. The third-order valence-electron chi connectivity index (χ3n) is 2.79. The van der Waals surface area contributed by atoms with Crippen LogP contribution in [-0.4, -0.2) is 24.2 Å². The zero-order valence-corrected chi connectivity index (χ0v) is 10.6. The number of ether oxygens (including phenoxy) is 1. The van der Waals surface area contributed by atoms with Gasteiger partial charge in [0.2, 0.25) is 0 Å². The molecule has 2 rings (SSSR count). The maximum atomic E-state index is 5.52. The van der Waals surface area contributed by atoms with E-state index in [9.17, 15) is 0 Å². The number of thioether (sulfide) groups is 1. The Bertz CT molecular complexity index is 393. The van der Waals surface area contributed by atoms with Crippen LogP contribution >= 0.6 is 11.8 Å². The van der Waals surface area contributed by atoms with Gasteiger partial charge in [0.1, 0.15) is 12.4 Å². The molecule has 0 radical (unpaired) electrons. The number of hydrogen-bond donors (Lipinski definition) is 1. The molecule has 0 amide bonds. The Balaban J connectivity index is 1.92. The van der Waals surface area contributed by atoms with Crippen molar-refractivity contribution in [2.75, 3.05) is 18.1 Å². The molecular weight excluding hydrogens is 230 g/mol. The molecule has 1 aromatic rings. The monoisotopic (exact) mass is 247 g/mol. The Morgan fingerprint density at radius 1 is 1.47 bits per heavy atom. The minimum absolute atomic E-state index is 0.330. The highest BCUT2D eigenvalue weighted by molar-refractivity contribution is 7.99. The molecule has 1 aliphatic heterocycles. The lowest BCUT2D eigenvalue weighted by Gasteiger charge is -2.14. The summed E-state index contributed by atoms with van der Waals surface area (Å²) in [4.78, 5) is 0. The summed E-state index contributed by atoms with van der Waals surface area (Å²) in [6.07, 6.45) is 6.47. The molecule has 2 nitrogen and oxygen atoms in total. The van der Waals surface area contributed by atoms with Crippen LogP contribution in [0.15, 0.2) is 24.3 Å². The molecule has 1 N–H and O–H groups in total. The highest BCUT2D eigenvalue weighted by atomic mass is 32.2. The van der Waals surface area contributed by atoms with Crippen molar-refractivity contribution in [1.82, 2.24) is 5.32 Å². The molecular formula is C14H17NOS. The smallest absolute Gasteiger partial charge is 0.148 e. The van der Waals surface area contributed by atoms with E-state index in [0.717, 1.165) is 12.3 Å². The molecule has 90 valence electrons. The molecule has 1 aromatic carbocycles. The van der Waals surface area contributed by atoms with Crippen LogP contribution in [0.3, 0.4) is 0 Å². The number of para-hydroxylation sites is 1. The van der Waals surface area contributed by atoms with Crippen LogP contribution in [-0.2, 0) is 6.54 Å². The molecule has 1 fully saturated rings. The lowest BCUT2D eigenvalue weighted by Crippen LogP contribution is -2.28. The number of nitrogens with one attached hydrogen (secondary N) is 1. The summed E-state index contributed by atoms with van der Waals surface area (Å²) in [6, 6.07) is 8.70. The first-order valence-corrected chi connectivity index (χ1v) is 7.01. The Hall–Kier alpha value is -1.11. The largest absolute Gasteiger partial charge is 0.481 e. The third kappa shape index (κ3) is 3.69. The van der Waals surface area contributed by atoms with Gasteiger partial charge in [-0.2, -0.15) is 11.8 Å². The third-order valence-corrected chi connectivity index (χ3v) is 3.96. The van der Waals surface area contributed by atoms with Crippen LogP contribution in [0, 0.1) is 12.3 Å². The molecule has 1 aliphatic rings. The first-order valence-electron chi connectivity index (χ1n) is 5.85. The second kappa shape index (κ2) is 6.58. The topological polar surface area (TPSA) is 21.3 Å². The molecule has 1 heterocycles. The highest BCUT2D eigenvalue weighted by Gasteiger charge is 2.15. The van der Waals surface area contributed by atoms with Crippen LogP contribution in [0.5, 0.6) is 5.75 Å². The van der Waals surface area contributed by atoms with Crippen molar-refractivity contribution in [3.63, 3.8) is 0 Å². The number of rotatable bonds is 5. The maximum absolute atomic E-state index is 5.52. The molecule has 0 spiro atoms. The first-order chi connectivity index (χ1) is 8.40. The standard InChI is InChI=1S/C14H17NOS/c1-2-8-16-14-6-4-3-5-12(14)10-15-13-7-9-17-11-13/h1,3-6,13,15H,7-11H2. The van der Waals surface area contributed by atoms with E-state index in [1.54, 1.807) is 0 Å². The summed E-state index contributed by atoms with van der Waals surface area (Å²) >= 11 is 2.02. The summed E-state index contributed by atoms with van der Waals surface area (Å²) in [5.74, 6) is 5.87. The van der Waals surface area contributed by atoms with E-state index in [4.69, 9.17) is 11.2 Å². The van der Waals surface area contributed by atoms with Crippen molar-refractivity contribution in [1.29, 1.82) is 0 Å². The van der Waals surface area contributed by atoms with Gasteiger partial charge in [-0.3, -0.25) is 0 Å². The highest BCUT2D eigenvalue weighted by Crippen LogP contribution is 2.20. The van der Waals surface area contributed by atoms with E-state index in [2.05, 4.69) is 17.3 Å². The fourth-order valence-corrected chi connectivity index (χ4v) is 3.05. The summed E-state index contributed by atoms with van der Waals surface area (Å²) in [5, 5.41) is 3.56. The Morgan fingerprint density at radius 3 is 3.12 bits per heavy atom. The van der Waals surface area contributed by atoms with Gasteiger partial charge in [-0.15, -0.1) is 6.42 Å². The zero-order valence-electron chi connectivity index (χ0n) is 9.82. The lowest BCUT2D eigenvalue weighted by molar-refractivity contribution is 0.364. The second-order valence-electron chi connectivity index (χ2n) is 4.04. The molecule has 0 saturated carbocycles. The van der Waals surface area contributed by atoms with Gasteiger partial charge < -0.3 is 10.1 Å². The first kappa shape index (κ1) is 12.3. The van der Waals surface area contributed by atoms with Crippen LogP contribution in [0.1, 0.15) is 12.0 Å². The number of hydrogen-bond acceptors (Lipinski definition) is 3. The SMILES string of the molecule is C#CCOc1ccccc1CNC1CCSC1. The minimum Gasteiger partial charge on any atom is -0.481 e. The molecule has 0 aromatic heterocycles. The van der Waals surface area contributed by atoms with Gasteiger partial charge in [0, 0.05) is 23.9 Å². The fourth-order valence-electron chi connectivity index (χ4n) is 1.86. The fraction of sp³-hybridized carbons (Fsp3) is 0.429. The van der Waals surface area contributed by atoms with Gasteiger partial charge in [0.05, 0.1) is 0 Å². The maximum Gasteiger partial charge on any atom is 0.148 e. The van der Waals surface area contributed by atoms with E-state index >= 15 is 0 Å². The number of terminal acetylenes is 1. The summed E-state index contributed by atoms with van der Waals surface area (Å²) in [6.45, 7) is 1.18. The predicted octanol–water partition coefficient (Wildman–Crippen LogP) is 2.29. The normalized spacial score (nSPS) is 18.9. The Labute approximate surface area is 107 Å². The van der Waals surface area contributed by atoms with Crippen molar-refractivity contribution in [3.05, 3.63) is 29.8 Å². The second-order valence-corrected chi connectivity index (χ2v) is 5.19. The Morgan fingerprint density at radius 2 is 2.35 bits per heavy atom. The van der Waals surface area contributed by atoms with Crippen LogP contribution in [0.2, 0.25) is 0 Å². The zero-order chi connectivity index (χ0) is 11.9. The van der Waals surface area contributed by atoms with Crippen LogP contribution < -0.4 is 10.1 Å². The summed E-state index contributed by atoms with van der Waals surface area (Å²) in [7, 11) is 0. The average Bonchev–Trinajstić information content (AvgIpc) is 2.88. The van der Waals surface area contributed by atoms with Crippen LogP contribution in [0.4, 0.5) is 0 Å². The molecule has 1 saturated heterocycles. The van der Waals surface area contributed by atoms with Crippen molar-refractivity contribution in [2.24, 2.45) is 0 Å². The van der Waals surface area contributed by atoms with E-state index in [1.807, 2.05) is 30.0 Å². The van der Waals surface area contributed by atoms with Gasteiger partial charge in [-0.05, 0) is 18.2 Å². The molecule has 3 heteroatoms. The van der Waals surface area contributed by atoms with Crippen molar-refractivity contribution < 1.29 is 4.74 Å². The van der Waals surface area contributed by atoms with Gasteiger partial charge in [-0.1, -0.05) is 24.1 Å². The van der Waals surface area contributed by atoms with Gasteiger partial charge in [0.15, 0.2) is 0 Å². The van der Waals surface area contributed by atoms with E-state index < -0.39 is 0 Å². The average molecular weight is 247 g/mol. The van der Waals surface area contributed by atoms with Gasteiger partial charge in [0.25, 0.3) is 0 Å². The molecule has 0 aliphatic carbocycles. The van der Waals surface area contributed by atoms with Crippen LogP contribution in [0.25, 0.3) is 0 Å². The van der Waals surface area contributed by atoms with Crippen molar-refractivity contribution in [3.8, 4) is 18.1 Å². The predicted molar refractivity (Wildman–Crippen MR) is 73.3 cm³/mol. The molecule has 1 atom stereocenters. The van der Waals surface area contributed by atoms with E-state index in [0.29, 0.717) is 12.6 Å². The van der Waals surface area contributed by atoms with E-state index in [-0.39, 0.29) is 0 Å². The van der Waals surface area contributed by atoms with Gasteiger partial charge in [-0.25, -0.2) is 0 Å². The molecule has 1 unspecified atom stereocenters. The van der Waals surface area contributed by atoms with E-state index in [1.165, 1.54) is 23.5 Å². The van der Waals surface area contributed by atoms with Gasteiger partial charge >= 0.3 is 0 Å². The lowest BCUT2D eigenvalue weighted by atomic mass is 10.2. The minimum atomic E-state index is 0.330. The Kier molecular flexibility index (Phi) is 4.78. The van der Waals surface area contributed by atoms with Crippen molar-refractivity contribution in [2.45, 2.75) is 19.0 Å². The summed E-state index contributed by atoms with van der Waals surface area (Å²) < 4.78 is 5.52.